The van der Waals surface area contributed by atoms with E-state index in [9.17, 15) is 4.79 Å². The van der Waals surface area contributed by atoms with Gasteiger partial charge < -0.3 is 5.32 Å². The summed E-state index contributed by atoms with van der Waals surface area (Å²) in [6.07, 6.45) is 0. The molecule has 0 unspecified atom stereocenters. The lowest BCUT2D eigenvalue weighted by Gasteiger charge is -2.00. The van der Waals surface area contributed by atoms with Crippen LogP contribution in [0.4, 0.5) is 10.8 Å². The molecule has 3 nitrogen and oxygen atoms in total. The molecule has 1 N–H and O–H groups in total. The van der Waals surface area contributed by atoms with E-state index in [1.54, 1.807) is 24.3 Å². The Kier molecular flexibility index (Phi) is 4.22. The van der Waals surface area contributed by atoms with Gasteiger partial charge in [0.2, 0.25) is 5.78 Å². The van der Waals surface area contributed by atoms with Crippen LogP contribution >= 0.6 is 22.9 Å². The standard InChI is InChI=1S/C17H13ClN2OS/c1-11-16(15(21)12-7-9-13(18)10-8-12)22-17(19-11)20-14-5-3-2-4-6-14/h2-10H,1H3,(H,19,20). The maximum Gasteiger partial charge on any atom is 0.204 e. The molecule has 0 saturated carbocycles. The summed E-state index contributed by atoms with van der Waals surface area (Å²) in [6, 6.07) is 16.7. The number of carbonyl (C=O) groups is 1. The van der Waals surface area contributed by atoms with Crippen molar-refractivity contribution in [2.45, 2.75) is 6.92 Å². The van der Waals surface area contributed by atoms with Crippen molar-refractivity contribution >= 4 is 39.5 Å². The lowest BCUT2D eigenvalue weighted by molar-refractivity contribution is 0.104. The van der Waals surface area contributed by atoms with E-state index in [1.165, 1.54) is 11.3 Å². The monoisotopic (exact) mass is 328 g/mol. The van der Waals surface area contributed by atoms with Gasteiger partial charge in [-0.15, -0.1) is 0 Å². The van der Waals surface area contributed by atoms with Crippen LogP contribution in [0.15, 0.2) is 54.6 Å². The van der Waals surface area contributed by atoms with E-state index in [4.69, 9.17) is 11.6 Å². The van der Waals surface area contributed by atoms with Crippen LogP contribution in [-0.4, -0.2) is 10.8 Å². The number of anilines is 2. The number of halogens is 1. The first-order chi connectivity index (χ1) is 10.6. The molecule has 0 atom stereocenters. The van der Waals surface area contributed by atoms with Crippen LogP contribution in [0.2, 0.25) is 5.02 Å². The van der Waals surface area contributed by atoms with Gasteiger partial charge in [0.05, 0.1) is 10.6 Å². The van der Waals surface area contributed by atoms with E-state index in [2.05, 4.69) is 10.3 Å². The molecular formula is C17H13ClN2OS. The number of hydrogen-bond acceptors (Lipinski definition) is 4. The number of thiazole rings is 1. The Morgan fingerprint density at radius 3 is 2.45 bits per heavy atom. The first kappa shape index (κ1) is 14.8. The van der Waals surface area contributed by atoms with Crippen LogP contribution in [0.1, 0.15) is 20.9 Å². The number of para-hydroxylation sites is 1. The van der Waals surface area contributed by atoms with E-state index in [1.807, 2.05) is 37.3 Å². The number of aryl methyl sites for hydroxylation is 1. The zero-order valence-corrected chi connectivity index (χ0v) is 13.4. The van der Waals surface area contributed by atoms with Gasteiger partial charge in [0.25, 0.3) is 0 Å². The molecule has 3 rings (SSSR count). The summed E-state index contributed by atoms with van der Waals surface area (Å²) >= 11 is 7.21. The van der Waals surface area contributed by atoms with Crippen LogP contribution in [0, 0.1) is 6.92 Å². The molecule has 1 aromatic heterocycles. The summed E-state index contributed by atoms with van der Waals surface area (Å²) in [6.45, 7) is 1.84. The second-order valence-corrected chi connectivity index (χ2v) is 6.20. The quantitative estimate of drug-likeness (QED) is 0.679. The van der Waals surface area contributed by atoms with E-state index in [0.717, 1.165) is 11.4 Å². The number of ketones is 1. The first-order valence-corrected chi connectivity index (χ1v) is 7.93. The summed E-state index contributed by atoms with van der Waals surface area (Å²) in [5.74, 6) is -0.0345. The predicted octanol–water partition coefficient (Wildman–Crippen LogP) is 5.08. The minimum Gasteiger partial charge on any atom is -0.332 e. The van der Waals surface area contributed by atoms with Crippen molar-refractivity contribution in [3.05, 3.63) is 75.8 Å². The van der Waals surface area contributed by atoms with Crippen molar-refractivity contribution in [1.29, 1.82) is 0 Å². The molecule has 0 saturated heterocycles. The van der Waals surface area contributed by atoms with Crippen LogP contribution in [0.3, 0.4) is 0 Å². The Bertz CT molecular complexity index is 797. The molecule has 0 radical (unpaired) electrons. The summed E-state index contributed by atoms with van der Waals surface area (Å²) in [5, 5.41) is 4.54. The highest BCUT2D eigenvalue weighted by Gasteiger charge is 2.17. The van der Waals surface area contributed by atoms with Gasteiger partial charge in [0.1, 0.15) is 0 Å². The average Bonchev–Trinajstić information content (AvgIpc) is 2.89. The van der Waals surface area contributed by atoms with E-state index < -0.39 is 0 Å². The Hall–Kier alpha value is -2.17. The van der Waals surface area contributed by atoms with E-state index >= 15 is 0 Å². The summed E-state index contributed by atoms with van der Waals surface area (Å²) in [5.41, 5.74) is 2.28. The van der Waals surface area contributed by atoms with Crippen molar-refractivity contribution in [3.63, 3.8) is 0 Å². The van der Waals surface area contributed by atoms with Gasteiger partial charge in [-0.1, -0.05) is 41.1 Å². The molecule has 0 fully saturated rings. The third kappa shape index (κ3) is 3.18. The van der Waals surface area contributed by atoms with Crippen molar-refractivity contribution in [3.8, 4) is 0 Å². The Morgan fingerprint density at radius 2 is 1.77 bits per heavy atom. The molecule has 0 amide bonds. The fourth-order valence-corrected chi connectivity index (χ4v) is 3.11. The molecule has 5 heteroatoms. The van der Waals surface area contributed by atoms with Gasteiger partial charge in [-0.25, -0.2) is 4.98 Å². The number of nitrogens with zero attached hydrogens (tertiary/aromatic N) is 1. The average molecular weight is 329 g/mol. The molecule has 22 heavy (non-hydrogen) atoms. The number of hydrogen-bond donors (Lipinski definition) is 1. The summed E-state index contributed by atoms with van der Waals surface area (Å²) in [4.78, 5) is 17.6. The van der Waals surface area contributed by atoms with Crippen LogP contribution < -0.4 is 5.32 Å². The third-order valence-corrected chi connectivity index (χ3v) is 4.46. The Balaban J connectivity index is 1.86. The normalized spacial score (nSPS) is 10.5. The van der Waals surface area contributed by atoms with Gasteiger partial charge >= 0.3 is 0 Å². The molecule has 3 aromatic rings. The maximum atomic E-state index is 12.5. The van der Waals surface area contributed by atoms with Gasteiger partial charge in [0.15, 0.2) is 5.13 Å². The molecule has 1 heterocycles. The van der Waals surface area contributed by atoms with Crippen molar-refractivity contribution < 1.29 is 4.79 Å². The summed E-state index contributed by atoms with van der Waals surface area (Å²) in [7, 11) is 0. The second kappa shape index (κ2) is 6.30. The third-order valence-electron chi connectivity index (χ3n) is 3.13. The molecule has 110 valence electrons. The Morgan fingerprint density at radius 1 is 1.09 bits per heavy atom. The number of benzene rings is 2. The fraction of sp³-hybridized carbons (Fsp3) is 0.0588. The molecule has 0 spiro atoms. The molecule has 2 aromatic carbocycles. The van der Waals surface area contributed by atoms with Crippen molar-refractivity contribution in [2.24, 2.45) is 0 Å². The van der Waals surface area contributed by atoms with Crippen molar-refractivity contribution in [2.75, 3.05) is 5.32 Å². The van der Waals surface area contributed by atoms with Gasteiger partial charge in [0, 0.05) is 16.3 Å². The zero-order valence-electron chi connectivity index (χ0n) is 11.8. The lowest BCUT2D eigenvalue weighted by Crippen LogP contribution is -2.00. The number of aromatic nitrogens is 1. The van der Waals surface area contributed by atoms with Crippen molar-refractivity contribution in [1.82, 2.24) is 4.98 Å². The van der Waals surface area contributed by atoms with Crippen LogP contribution in [0.5, 0.6) is 0 Å². The van der Waals surface area contributed by atoms with Gasteiger partial charge in [-0.05, 0) is 43.3 Å². The van der Waals surface area contributed by atoms with Crippen LogP contribution in [0.25, 0.3) is 0 Å². The highest BCUT2D eigenvalue weighted by atomic mass is 35.5. The Labute approximate surface area is 137 Å². The minimum atomic E-state index is -0.0345. The number of rotatable bonds is 4. The lowest BCUT2D eigenvalue weighted by atomic mass is 10.1. The first-order valence-electron chi connectivity index (χ1n) is 6.73. The van der Waals surface area contributed by atoms with Crippen LogP contribution in [-0.2, 0) is 0 Å². The van der Waals surface area contributed by atoms with E-state index in [0.29, 0.717) is 20.6 Å². The SMILES string of the molecule is Cc1nc(Nc2ccccc2)sc1C(=O)c1ccc(Cl)cc1. The predicted molar refractivity (Wildman–Crippen MR) is 91.5 cm³/mol. The topological polar surface area (TPSA) is 42.0 Å². The fourth-order valence-electron chi connectivity index (χ4n) is 2.04. The highest BCUT2D eigenvalue weighted by Crippen LogP contribution is 2.28. The number of nitrogens with one attached hydrogen (secondary N) is 1. The smallest absolute Gasteiger partial charge is 0.204 e. The highest BCUT2D eigenvalue weighted by molar-refractivity contribution is 7.17. The minimum absolute atomic E-state index is 0.0345. The summed E-state index contributed by atoms with van der Waals surface area (Å²) < 4.78 is 0. The van der Waals surface area contributed by atoms with Gasteiger partial charge in [-0.3, -0.25) is 4.79 Å². The van der Waals surface area contributed by atoms with Gasteiger partial charge in [-0.2, -0.15) is 0 Å². The molecule has 0 bridgehead atoms. The second-order valence-electron chi connectivity index (χ2n) is 4.76. The number of carbonyl (C=O) groups excluding carboxylic acids is 1. The van der Waals surface area contributed by atoms with E-state index in [-0.39, 0.29) is 5.78 Å². The molecule has 0 aliphatic carbocycles. The largest absolute Gasteiger partial charge is 0.332 e. The molecule has 0 aliphatic rings. The maximum absolute atomic E-state index is 12.5. The zero-order chi connectivity index (χ0) is 15.5. The molecule has 0 aliphatic heterocycles. The molecular weight excluding hydrogens is 316 g/mol.